The molecule has 0 aromatic heterocycles. The Morgan fingerprint density at radius 3 is 2.40 bits per heavy atom. The second kappa shape index (κ2) is 6.09. The summed E-state index contributed by atoms with van der Waals surface area (Å²) in [5.41, 5.74) is 3.13. The number of aromatic carboxylic acids is 1. The van der Waals surface area contributed by atoms with Crippen molar-refractivity contribution in [3.63, 3.8) is 0 Å². The number of halogens is 1. The quantitative estimate of drug-likeness (QED) is 0.887. The smallest absolute Gasteiger partial charge is 0.338 e. The molecule has 0 unspecified atom stereocenters. The van der Waals surface area contributed by atoms with Crippen LogP contribution in [0.15, 0.2) is 46.9 Å². The number of carboxylic acid groups (broad SMARTS) is 1. The predicted octanol–water partition coefficient (Wildman–Crippen LogP) is 4.61. The first-order valence-electron chi connectivity index (χ1n) is 6.41. The molecule has 4 heteroatoms. The maximum absolute atomic E-state index is 11.5. The molecule has 0 radical (unpaired) electrons. The number of hydrogen-bond acceptors (Lipinski definition) is 2. The highest BCUT2D eigenvalue weighted by Gasteiger charge is 2.19. The molecule has 0 bridgehead atoms. The van der Waals surface area contributed by atoms with Gasteiger partial charge in [0.05, 0.1) is 11.3 Å². The summed E-state index contributed by atoms with van der Waals surface area (Å²) in [4.78, 5) is 13.5. The number of anilines is 2. The van der Waals surface area contributed by atoms with E-state index in [1.807, 2.05) is 55.1 Å². The lowest BCUT2D eigenvalue weighted by molar-refractivity contribution is 0.0696. The summed E-state index contributed by atoms with van der Waals surface area (Å²) >= 11 is 3.33. The van der Waals surface area contributed by atoms with Gasteiger partial charge in [0.15, 0.2) is 0 Å². The van der Waals surface area contributed by atoms with Crippen molar-refractivity contribution in [2.24, 2.45) is 0 Å². The van der Waals surface area contributed by atoms with Crippen LogP contribution >= 0.6 is 15.9 Å². The van der Waals surface area contributed by atoms with E-state index < -0.39 is 5.97 Å². The SMILES string of the molecule is CCN(c1ccccc1C)c1cccc(Br)c1C(=O)O. The molecule has 2 aromatic carbocycles. The van der Waals surface area contributed by atoms with Crippen LogP contribution < -0.4 is 4.90 Å². The van der Waals surface area contributed by atoms with E-state index in [9.17, 15) is 9.90 Å². The Bertz CT molecular complexity index is 640. The lowest BCUT2D eigenvalue weighted by Crippen LogP contribution is -2.20. The molecule has 0 aliphatic carbocycles. The molecule has 2 rings (SSSR count). The number of aryl methyl sites for hydroxylation is 1. The highest BCUT2D eigenvalue weighted by Crippen LogP contribution is 2.34. The average molecular weight is 334 g/mol. The van der Waals surface area contributed by atoms with E-state index in [1.165, 1.54) is 0 Å². The molecule has 0 atom stereocenters. The van der Waals surface area contributed by atoms with Crippen LogP contribution in [-0.2, 0) is 0 Å². The van der Waals surface area contributed by atoms with Crippen LogP contribution in [0.2, 0.25) is 0 Å². The molecule has 20 heavy (non-hydrogen) atoms. The molecule has 104 valence electrons. The molecule has 3 nitrogen and oxygen atoms in total. The molecular formula is C16H16BrNO2. The van der Waals surface area contributed by atoms with Gasteiger partial charge in [0.1, 0.15) is 0 Å². The highest BCUT2D eigenvalue weighted by atomic mass is 79.9. The standard InChI is InChI=1S/C16H16BrNO2/c1-3-18(13-9-5-4-7-11(13)2)14-10-6-8-12(17)15(14)16(19)20/h4-10H,3H2,1-2H3,(H,19,20). The minimum absolute atomic E-state index is 0.289. The zero-order valence-electron chi connectivity index (χ0n) is 11.4. The average Bonchev–Trinajstić information content (AvgIpc) is 2.41. The van der Waals surface area contributed by atoms with E-state index in [4.69, 9.17) is 0 Å². The van der Waals surface area contributed by atoms with Crippen molar-refractivity contribution in [3.8, 4) is 0 Å². The van der Waals surface area contributed by atoms with Crippen molar-refractivity contribution in [3.05, 3.63) is 58.1 Å². The fourth-order valence-electron chi connectivity index (χ4n) is 2.29. The second-order valence-corrected chi connectivity index (χ2v) is 5.32. The number of carboxylic acids is 1. The summed E-state index contributed by atoms with van der Waals surface area (Å²) in [6.45, 7) is 4.73. The summed E-state index contributed by atoms with van der Waals surface area (Å²) in [5.74, 6) is -0.931. The number of benzene rings is 2. The van der Waals surface area contributed by atoms with Crippen LogP contribution in [-0.4, -0.2) is 17.6 Å². The van der Waals surface area contributed by atoms with Crippen LogP contribution in [0.25, 0.3) is 0 Å². The van der Waals surface area contributed by atoms with Crippen molar-refractivity contribution in [2.75, 3.05) is 11.4 Å². The zero-order valence-corrected chi connectivity index (χ0v) is 13.0. The molecular weight excluding hydrogens is 318 g/mol. The topological polar surface area (TPSA) is 40.5 Å². The van der Waals surface area contributed by atoms with E-state index in [0.29, 0.717) is 16.7 Å². The van der Waals surface area contributed by atoms with Crippen LogP contribution in [0.3, 0.4) is 0 Å². The Balaban J connectivity index is 2.62. The van der Waals surface area contributed by atoms with Crippen molar-refractivity contribution in [1.29, 1.82) is 0 Å². The van der Waals surface area contributed by atoms with Gasteiger partial charge in [0, 0.05) is 16.7 Å². The highest BCUT2D eigenvalue weighted by molar-refractivity contribution is 9.10. The van der Waals surface area contributed by atoms with E-state index in [2.05, 4.69) is 15.9 Å². The summed E-state index contributed by atoms with van der Waals surface area (Å²) in [5, 5.41) is 9.45. The molecule has 0 heterocycles. The molecule has 0 aliphatic rings. The Morgan fingerprint density at radius 2 is 1.80 bits per heavy atom. The fraction of sp³-hybridized carbons (Fsp3) is 0.188. The Labute approximate surface area is 127 Å². The van der Waals surface area contributed by atoms with Crippen LogP contribution in [0, 0.1) is 6.92 Å². The first-order chi connectivity index (χ1) is 9.56. The fourth-order valence-corrected chi connectivity index (χ4v) is 2.81. The van der Waals surface area contributed by atoms with E-state index >= 15 is 0 Å². The molecule has 0 saturated heterocycles. The van der Waals surface area contributed by atoms with E-state index in [1.54, 1.807) is 6.07 Å². The van der Waals surface area contributed by atoms with Crippen molar-refractivity contribution in [2.45, 2.75) is 13.8 Å². The Kier molecular flexibility index (Phi) is 4.45. The van der Waals surface area contributed by atoms with Gasteiger partial charge in [-0.15, -0.1) is 0 Å². The first kappa shape index (κ1) is 14.6. The molecule has 0 aliphatic heterocycles. The predicted molar refractivity (Wildman–Crippen MR) is 85.0 cm³/mol. The van der Waals surface area contributed by atoms with Gasteiger partial charge in [0.25, 0.3) is 0 Å². The van der Waals surface area contributed by atoms with E-state index in [-0.39, 0.29) is 5.56 Å². The maximum Gasteiger partial charge on any atom is 0.338 e. The van der Waals surface area contributed by atoms with Crippen LogP contribution in [0.5, 0.6) is 0 Å². The summed E-state index contributed by atoms with van der Waals surface area (Å²) < 4.78 is 0.592. The third-order valence-corrected chi connectivity index (χ3v) is 3.88. The minimum atomic E-state index is -0.931. The first-order valence-corrected chi connectivity index (χ1v) is 7.20. The van der Waals surface area contributed by atoms with Crippen molar-refractivity contribution >= 4 is 33.3 Å². The third kappa shape index (κ3) is 2.70. The maximum atomic E-state index is 11.5. The number of para-hydroxylation sites is 1. The molecule has 2 aromatic rings. The van der Waals surface area contributed by atoms with Gasteiger partial charge in [-0.25, -0.2) is 4.79 Å². The van der Waals surface area contributed by atoms with Gasteiger partial charge in [-0.2, -0.15) is 0 Å². The van der Waals surface area contributed by atoms with Crippen LogP contribution in [0.4, 0.5) is 11.4 Å². The molecule has 1 N–H and O–H groups in total. The van der Waals surface area contributed by atoms with Crippen molar-refractivity contribution in [1.82, 2.24) is 0 Å². The lowest BCUT2D eigenvalue weighted by atomic mass is 10.1. The third-order valence-electron chi connectivity index (χ3n) is 3.22. The summed E-state index contributed by atoms with van der Waals surface area (Å²) in [7, 11) is 0. The number of carbonyl (C=O) groups is 1. The number of rotatable bonds is 4. The molecule has 0 saturated carbocycles. The summed E-state index contributed by atoms with van der Waals surface area (Å²) in [6, 6.07) is 13.4. The van der Waals surface area contributed by atoms with Gasteiger partial charge >= 0.3 is 5.97 Å². The van der Waals surface area contributed by atoms with Gasteiger partial charge in [-0.3, -0.25) is 0 Å². The second-order valence-electron chi connectivity index (χ2n) is 4.47. The molecule has 0 amide bonds. The summed E-state index contributed by atoms with van der Waals surface area (Å²) in [6.07, 6.45) is 0. The minimum Gasteiger partial charge on any atom is -0.478 e. The largest absolute Gasteiger partial charge is 0.478 e. The molecule has 0 spiro atoms. The van der Waals surface area contributed by atoms with Gasteiger partial charge in [0.2, 0.25) is 0 Å². The normalized spacial score (nSPS) is 10.3. The number of nitrogens with zero attached hydrogens (tertiary/aromatic N) is 1. The lowest BCUT2D eigenvalue weighted by Gasteiger charge is -2.26. The van der Waals surface area contributed by atoms with Gasteiger partial charge < -0.3 is 10.0 Å². The molecule has 0 fully saturated rings. The van der Waals surface area contributed by atoms with Gasteiger partial charge in [-0.1, -0.05) is 24.3 Å². The van der Waals surface area contributed by atoms with Crippen LogP contribution in [0.1, 0.15) is 22.8 Å². The number of hydrogen-bond donors (Lipinski definition) is 1. The van der Waals surface area contributed by atoms with E-state index in [0.717, 1.165) is 11.3 Å². The zero-order chi connectivity index (χ0) is 14.7. The van der Waals surface area contributed by atoms with Gasteiger partial charge in [-0.05, 0) is 53.5 Å². The van der Waals surface area contributed by atoms with Crippen molar-refractivity contribution < 1.29 is 9.90 Å². The Morgan fingerprint density at radius 1 is 1.15 bits per heavy atom. The Hall–Kier alpha value is -1.81. The monoisotopic (exact) mass is 333 g/mol.